The van der Waals surface area contributed by atoms with E-state index in [1.165, 1.54) is 5.56 Å². The molecule has 0 fully saturated rings. The standard InChI is InChI=1S/C24H29NO3S/c1-24(2,29)15-22(26)28-20-11-7-17(8-12-20)13-14-25-16-19-10-9-18-5-3-4-6-21(18)23(19)27/h3-8,11-12,19,25,29H,9-10,13-16H2,1-2H3. The molecule has 0 saturated heterocycles. The van der Waals surface area contributed by atoms with Gasteiger partial charge < -0.3 is 10.1 Å². The quantitative estimate of drug-likeness (QED) is 0.295. The number of aryl methyl sites for hydroxylation is 1. The van der Waals surface area contributed by atoms with Gasteiger partial charge in [0.2, 0.25) is 0 Å². The number of rotatable bonds is 8. The number of benzene rings is 2. The number of nitrogens with one attached hydrogen (secondary N) is 1. The minimum absolute atomic E-state index is 0.0581. The third-order valence-electron chi connectivity index (χ3n) is 5.13. The topological polar surface area (TPSA) is 55.4 Å². The summed E-state index contributed by atoms with van der Waals surface area (Å²) in [6, 6.07) is 15.5. The van der Waals surface area contributed by atoms with Crippen LogP contribution in [0.25, 0.3) is 0 Å². The molecule has 1 aliphatic carbocycles. The summed E-state index contributed by atoms with van der Waals surface area (Å²) in [7, 11) is 0. The second-order valence-electron chi connectivity index (χ2n) is 8.32. The van der Waals surface area contributed by atoms with Gasteiger partial charge in [-0.25, -0.2) is 0 Å². The molecule has 1 atom stereocenters. The number of hydrogen-bond donors (Lipinski definition) is 2. The Hall–Kier alpha value is -2.11. The SMILES string of the molecule is CC(C)(S)CC(=O)Oc1ccc(CCNCC2CCc3ccccc3C2=O)cc1. The molecule has 0 saturated carbocycles. The normalized spacial score (nSPS) is 16.4. The zero-order valence-electron chi connectivity index (χ0n) is 17.1. The van der Waals surface area contributed by atoms with E-state index in [0.717, 1.165) is 36.9 Å². The molecule has 0 radical (unpaired) electrons. The summed E-state index contributed by atoms with van der Waals surface area (Å²) in [6.45, 7) is 5.28. The lowest BCUT2D eigenvalue weighted by Gasteiger charge is -2.23. The summed E-state index contributed by atoms with van der Waals surface area (Å²) in [4.78, 5) is 24.5. The Balaban J connectivity index is 1.41. The predicted octanol–water partition coefficient (Wildman–Crippen LogP) is 4.27. The Kier molecular flexibility index (Phi) is 7.14. The van der Waals surface area contributed by atoms with E-state index < -0.39 is 0 Å². The summed E-state index contributed by atoms with van der Waals surface area (Å²) in [5.74, 6) is 0.589. The summed E-state index contributed by atoms with van der Waals surface area (Å²) in [6.07, 6.45) is 2.99. The van der Waals surface area contributed by atoms with Gasteiger partial charge in [0.05, 0.1) is 6.42 Å². The highest BCUT2D eigenvalue weighted by molar-refractivity contribution is 7.81. The lowest BCUT2D eigenvalue weighted by Crippen LogP contribution is -2.33. The van der Waals surface area contributed by atoms with Gasteiger partial charge in [-0.1, -0.05) is 50.2 Å². The number of carbonyl (C=O) groups excluding carboxylic acids is 2. The molecule has 1 N–H and O–H groups in total. The maximum absolute atomic E-state index is 12.6. The van der Waals surface area contributed by atoms with Crippen molar-refractivity contribution >= 4 is 24.4 Å². The number of esters is 1. The summed E-state index contributed by atoms with van der Waals surface area (Å²) >= 11 is 4.35. The molecular formula is C24H29NO3S. The Morgan fingerprint density at radius 1 is 1.17 bits per heavy atom. The van der Waals surface area contributed by atoms with E-state index in [9.17, 15) is 9.59 Å². The van der Waals surface area contributed by atoms with Crippen LogP contribution in [0.3, 0.4) is 0 Å². The molecule has 0 heterocycles. The van der Waals surface area contributed by atoms with Crippen molar-refractivity contribution in [3.63, 3.8) is 0 Å². The molecule has 2 aromatic rings. The van der Waals surface area contributed by atoms with Crippen LogP contribution in [0, 0.1) is 5.92 Å². The van der Waals surface area contributed by atoms with Gasteiger partial charge in [0.1, 0.15) is 5.75 Å². The minimum Gasteiger partial charge on any atom is -0.426 e. The fourth-order valence-corrected chi connectivity index (χ4v) is 3.74. The Morgan fingerprint density at radius 3 is 2.62 bits per heavy atom. The number of Topliss-reactive ketones (excluding diaryl/α,β-unsaturated/α-hetero) is 1. The largest absolute Gasteiger partial charge is 0.426 e. The molecule has 29 heavy (non-hydrogen) atoms. The van der Waals surface area contributed by atoms with Gasteiger partial charge in [0.25, 0.3) is 0 Å². The molecule has 3 rings (SSSR count). The van der Waals surface area contributed by atoms with Crippen LogP contribution in [0.5, 0.6) is 5.75 Å². The van der Waals surface area contributed by atoms with Gasteiger partial charge in [-0.2, -0.15) is 12.6 Å². The van der Waals surface area contributed by atoms with E-state index >= 15 is 0 Å². The fraction of sp³-hybridized carbons (Fsp3) is 0.417. The van der Waals surface area contributed by atoms with Crippen LogP contribution >= 0.6 is 12.6 Å². The van der Waals surface area contributed by atoms with Crippen molar-refractivity contribution in [3.05, 3.63) is 65.2 Å². The molecule has 0 aliphatic heterocycles. The maximum atomic E-state index is 12.6. The first-order chi connectivity index (χ1) is 13.8. The molecule has 0 amide bonds. The first-order valence-corrected chi connectivity index (χ1v) is 10.6. The Bertz CT molecular complexity index is 855. The van der Waals surface area contributed by atoms with Crippen molar-refractivity contribution in [3.8, 4) is 5.75 Å². The number of fused-ring (bicyclic) bond motifs is 1. The molecule has 1 aliphatic rings. The zero-order valence-corrected chi connectivity index (χ0v) is 18.0. The third kappa shape index (κ3) is 6.44. The molecule has 0 spiro atoms. The first kappa shape index (κ1) is 21.6. The average molecular weight is 412 g/mol. The maximum Gasteiger partial charge on any atom is 0.312 e. The van der Waals surface area contributed by atoms with Crippen LogP contribution in [0.2, 0.25) is 0 Å². The highest BCUT2D eigenvalue weighted by atomic mass is 32.1. The van der Waals surface area contributed by atoms with Crippen molar-refractivity contribution in [1.82, 2.24) is 5.32 Å². The molecular weight excluding hydrogens is 382 g/mol. The number of carbonyl (C=O) groups is 2. The van der Waals surface area contributed by atoms with Crippen molar-refractivity contribution < 1.29 is 14.3 Å². The number of hydrogen-bond acceptors (Lipinski definition) is 5. The summed E-state index contributed by atoms with van der Waals surface area (Å²) in [5, 5.41) is 3.42. The van der Waals surface area contributed by atoms with Gasteiger partial charge in [-0.3, -0.25) is 9.59 Å². The van der Waals surface area contributed by atoms with Crippen molar-refractivity contribution in [1.29, 1.82) is 0 Å². The predicted molar refractivity (Wildman–Crippen MR) is 119 cm³/mol. The van der Waals surface area contributed by atoms with E-state index in [2.05, 4.69) is 24.0 Å². The van der Waals surface area contributed by atoms with Gasteiger partial charge in [0, 0.05) is 22.8 Å². The van der Waals surface area contributed by atoms with Gasteiger partial charge >= 0.3 is 5.97 Å². The van der Waals surface area contributed by atoms with E-state index in [1.54, 1.807) is 0 Å². The lowest BCUT2D eigenvalue weighted by atomic mass is 9.83. The molecule has 5 heteroatoms. The number of thiol groups is 1. The molecule has 4 nitrogen and oxygen atoms in total. The summed E-state index contributed by atoms with van der Waals surface area (Å²) in [5.41, 5.74) is 3.22. The molecule has 2 aromatic carbocycles. The van der Waals surface area contributed by atoms with Gasteiger partial charge in [0.15, 0.2) is 5.78 Å². The monoisotopic (exact) mass is 411 g/mol. The van der Waals surface area contributed by atoms with E-state index in [1.807, 2.05) is 56.3 Å². The second kappa shape index (κ2) is 9.59. The van der Waals surface area contributed by atoms with Gasteiger partial charge in [-0.15, -0.1) is 0 Å². The number of ketones is 1. The smallest absolute Gasteiger partial charge is 0.312 e. The molecule has 1 unspecified atom stereocenters. The molecule has 154 valence electrons. The van der Waals surface area contributed by atoms with E-state index in [-0.39, 0.29) is 28.8 Å². The Morgan fingerprint density at radius 2 is 1.90 bits per heavy atom. The molecule has 0 bridgehead atoms. The van der Waals surface area contributed by atoms with Crippen LogP contribution in [0.1, 0.15) is 48.2 Å². The van der Waals surface area contributed by atoms with Crippen LogP contribution in [0.4, 0.5) is 0 Å². The van der Waals surface area contributed by atoms with Crippen molar-refractivity contribution in [2.75, 3.05) is 13.1 Å². The fourth-order valence-electron chi connectivity index (χ4n) is 3.61. The first-order valence-electron chi connectivity index (χ1n) is 10.2. The third-order valence-corrected chi connectivity index (χ3v) is 5.29. The second-order valence-corrected chi connectivity index (χ2v) is 9.53. The highest BCUT2D eigenvalue weighted by Crippen LogP contribution is 2.25. The van der Waals surface area contributed by atoms with Crippen LogP contribution in [-0.2, 0) is 17.6 Å². The van der Waals surface area contributed by atoms with E-state index in [0.29, 0.717) is 12.3 Å². The number of ether oxygens (including phenoxy) is 1. The van der Waals surface area contributed by atoms with E-state index in [4.69, 9.17) is 4.74 Å². The highest BCUT2D eigenvalue weighted by Gasteiger charge is 2.26. The minimum atomic E-state index is -0.384. The van der Waals surface area contributed by atoms with Crippen LogP contribution < -0.4 is 10.1 Å². The van der Waals surface area contributed by atoms with Gasteiger partial charge in [-0.05, 0) is 49.1 Å². The lowest BCUT2D eigenvalue weighted by molar-refractivity contribution is -0.134. The van der Waals surface area contributed by atoms with Crippen LogP contribution in [0.15, 0.2) is 48.5 Å². The van der Waals surface area contributed by atoms with Crippen molar-refractivity contribution in [2.24, 2.45) is 5.92 Å². The van der Waals surface area contributed by atoms with Crippen LogP contribution in [-0.4, -0.2) is 29.6 Å². The average Bonchev–Trinajstić information content (AvgIpc) is 2.67. The van der Waals surface area contributed by atoms with Crippen molar-refractivity contribution in [2.45, 2.75) is 44.3 Å². The Labute approximate surface area is 178 Å². The molecule has 0 aromatic heterocycles. The summed E-state index contributed by atoms with van der Waals surface area (Å²) < 4.78 is 4.97. The zero-order chi connectivity index (χ0) is 20.9.